The second-order valence-corrected chi connectivity index (χ2v) is 5.54. The molecule has 0 spiro atoms. The van der Waals surface area contributed by atoms with Crippen molar-refractivity contribution in [2.24, 2.45) is 0 Å². The highest BCUT2D eigenvalue weighted by Gasteiger charge is 2.15. The zero-order valence-electron chi connectivity index (χ0n) is 13.3. The molecule has 24 heavy (non-hydrogen) atoms. The minimum atomic E-state index is -0.361. The molecular formula is C18H19FN2O3. The van der Waals surface area contributed by atoms with E-state index in [0.29, 0.717) is 30.3 Å². The minimum Gasteiger partial charge on any atom is -0.486 e. The molecule has 0 fully saturated rings. The first kappa shape index (κ1) is 16.1. The number of hydrogen-bond acceptors (Lipinski definition) is 3. The van der Waals surface area contributed by atoms with E-state index in [0.717, 1.165) is 5.56 Å². The lowest BCUT2D eigenvalue weighted by Gasteiger charge is -2.21. The predicted octanol–water partition coefficient (Wildman–Crippen LogP) is 3.16. The molecule has 5 nitrogen and oxygen atoms in total. The normalized spacial score (nSPS) is 13.9. The Morgan fingerprint density at radius 3 is 2.71 bits per heavy atom. The smallest absolute Gasteiger partial charge is 0.315 e. The van der Waals surface area contributed by atoms with Crippen molar-refractivity contribution in [3.05, 3.63) is 59.4 Å². The minimum absolute atomic E-state index is 0.131. The van der Waals surface area contributed by atoms with Crippen molar-refractivity contribution in [2.75, 3.05) is 13.2 Å². The lowest BCUT2D eigenvalue weighted by atomic mass is 10.1. The van der Waals surface area contributed by atoms with Gasteiger partial charge in [-0.2, -0.15) is 0 Å². The lowest BCUT2D eigenvalue weighted by Crippen LogP contribution is -2.36. The molecule has 2 aromatic carbocycles. The Hall–Kier alpha value is -2.76. The highest BCUT2D eigenvalue weighted by molar-refractivity contribution is 5.74. The summed E-state index contributed by atoms with van der Waals surface area (Å²) in [6.45, 7) is 3.06. The van der Waals surface area contributed by atoms with Crippen molar-refractivity contribution in [3.8, 4) is 11.5 Å². The molecule has 6 heteroatoms. The van der Waals surface area contributed by atoms with Gasteiger partial charge in [-0.25, -0.2) is 9.18 Å². The fourth-order valence-corrected chi connectivity index (χ4v) is 2.48. The van der Waals surface area contributed by atoms with Gasteiger partial charge in [-0.05, 0) is 30.7 Å². The number of amides is 2. The number of urea groups is 1. The van der Waals surface area contributed by atoms with Crippen LogP contribution in [-0.4, -0.2) is 19.2 Å². The molecule has 3 rings (SSSR count). The van der Waals surface area contributed by atoms with Crippen LogP contribution in [0.4, 0.5) is 9.18 Å². The van der Waals surface area contributed by atoms with Crippen LogP contribution in [0, 0.1) is 5.82 Å². The van der Waals surface area contributed by atoms with Gasteiger partial charge in [0.25, 0.3) is 0 Å². The van der Waals surface area contributed by atoms with Crippen molar-refractivity contribution in [3.63, 3.8) is 0 Å². The van der Waals surface area contributed by atoms with Gasteiger partial charge in [0.1, 0.15) is 19.0 Å². The summed E-state index contributed by atoms with van der Waals surface area (Å²) in [6, 6.07) is 11.3. The number of nitrogens with one attached hydrogen (secondary N) is 2. The summed E-state index contributed by atoms with van der Waals surface area (Å²) >= 11 is 0. The summed E-state index contributed by atoms with van der Waals surface area (Å²) in [5, 5.41) is 5.48. The van der Waals surface area contributed by atoms with Gasteiger partial charge in [-0.15, -0.1) is 0 Å². The van der Waals surface area contributed by atoms with E-state index in [1.807, 2.05) is 25.1 Å². The van der Waals surface area contributed by atoms with Crippen LogP contribution in [0.2, 0.25) is 0 Å². The van der Waals surface area contributed by atoms with E-state index in [1.54, 1.807) is 18.2 Å². The van der Waals surface area contributed by atoms with Crippen LogP contribution in [-0.2, 0) is 6.54 Å². The summed E-state index contributed by atoms with van der Waals surface area (Å²) < 4.78 is 24.6. The molecule has 0 saturated carbocycles. The third-order valence-electron chi connectivity index (χ3n) is 3.81. The first-order valence-corrected chi connectivity index (χ1v) is 7.81. The Kier molecular flexibility index (Phi) is 4.84. The molecule has 1 unspecified atom stereocenters. The maximum absolute atomic E-state index is 13.5. The molecule has 2 N–H and O–H groups in total. The van der Waals surface area contributed by atoms with Crippen molar-refractivity contribution in [1.82, 2.24) is 10.6 Å². The highest BCUT2D eigenvalue weighted by atomic mass is 19.1. The van der Waals surface area contributed by atoms with Crippen molar-refractivity contribution in [1.29, 1.82) is 0 Å². The van der Waals surface area contributed by atoms with Gasteiger partial charge in [0.05, 0.1) is 6.04 Å². The molecule has 1 heterocycles. The molecule has 1 aliphatic rings. The van der Waals surface area contributed by atoms with Crippen LogP contribution in [0.3, 0.4) is 0 Å². The maximum Gasteiger partial charge on any atom is 0.315 e. The Morgan fingerprint density at radius 1 is 1.17 bits per heavy atom. The Balaban J connectivity index is 1.57. The first-order valence-electron chi connectivity index (χ1n) is 7.81. The highest BCUT2D eigenvalue weighted by Crippen LogP contribution is 2.32. The average molecular weight is 330 g/mol. The van der Waals surface area contributed by atoms with Crippen LogP contribution in [0.15, 0.2) is 42.5 Å². The second kappa shape index (κ2) is 7.21. The summed E-state index contributed by atoms with van der Waals surface area (Å²) in [5.41, 5.74) is 1.35. The Bertz CT molecular complexity index is 736. The van der Waals surface area contributed by atoms with Crippen LogP contribution in [0.25, 0.3) is 0 Å². The number of rotatable bonds is 4. The van der Waals surface area contributed by atoms with Gasteiger partial charge in [-0.3, -0.25) is 0 Å². The number of carbonyl (C=O) groups excluding carboxylic acids is 1. The fraction of sp³-hybridized carbons (Fsp3) is 0.278. The monoisotopic (exact) mass is 330 g/mol. The van der Waals surface area contributed by atoms with Gasteiger partial charge in [0.2, 0.25) is 0 Å². The molecule has 1 aliphatic heterocycles. The Morgan fingerprint density at radius 2 is 1.92 bits per heavy atom. The van der Waals surface area contributed by atoms with E-state index in [9.17, 15) is 9.18 Å². The molecule has 0 bridgehead atoms. The lowest BCUT2D eigenvalue weighted by molar-refractivity contribution is 0.171. The quantitative estimate of drug-likeness (QED) is 0.905. The molecule has 126 valence electrons. The number of ether oxygens (including phenoxy) is 2. The van der Waals surface area contributed by atoms with Crippen LogP contribution >= 0.6 is 0 Å². The molecule has 0 aromatic heterocycles. The number of benzene rings is 2. The number of fused-ring (bicyclic) bond motifs is 1. The topological polar surface area (TPSA) is 59.6 Å². The van der Waals surface area contributed by atoms with Gasteiger partial charge in [0, 0.05) is 12.1 Å². The van der Waals surface area contributed by atoms with Crippen molar-refractivity contribution >= 4 is 6.03 Å². The van der Waals surface area contributed by atoms with Crippen molar-refractivity contribution in [2.45, 2.75) is 19.5 Å². The molecule has 0 radical (unpaired) electrons. The zero-order valence-corrected chi connectivity index (χ0v) is 13.3. The van der Waals surface area contributed by atoms with E-state index in [-0.39, 0.29) is 24.4 Å². The Labute approximate surface area is 139 Å². The summed E-state index contributed by atoms with van der Waals surface area (Å²) in [4.78, 5) is 12.0. The largest absolute Gasteiger partial charge is 0.486 e. The molecule has 2 amide bonds. The molecule has 2 aromatic rings. The summed E-state index contributed by atoms with van der Waals surface area (Å²) in [7, 11) is 0. The van der Waals surface area contributed by atoms with Crippen LogP contribution < -0.4 is 20.1 Å². The molecular weight excluding hydrogens is 311 g/mol. The van der Waals surface area contributed by atoms with E-state index >= 15 is 0 Å². The number of carbonyl (C=O) groups is 1. The van der Waals surface area contributed by atoms with Gasteiger partial charge < -0.3 is 20.1 Å². The van der Waals surface area contributed by atoms with Gasteiger partial charge in [-0.1, -0.05) is 24.3 Å². The number of hydrogen-bond donors (Lipinski definition) is 2. The van der Waals surface area contributed by atoms with E-state index in [2.05, 4.69) is 10.6 Å². The average Bonchev–Trinajstić information content (AvgIpc) is 2.60. The molecule has 1 atom stereocenters. The number of halogens is 1. The standard InChI is InChI=1S/C18H19FN2O3/c1-12(13-6-7-16-17(10-13)24-9-8-23-16)21-18(22)20-11-14-4-2-3-5-15(14)19/h2-7,10,12H,8-9,11H2,1H3,(H2,20,21,22). The summed E-state index contributed by atoms with van der Waals surface area (Å²) in [5.74, 6) is 1.05. The second-order valence-electron chi connectivity index (χ2n) is 5.54. The SMILES string of the molecule is CC(NC(=O)NCc1ccccc1F)c1ccc2c(c1)OCCO2. The van der Waals surface area contributed by atoms with E-state index in [4.69, 9.17) is 9.47 Å². The third kappa shape index (κ3) is 3.76. The van der Waals surface area contributed by atoms with E-state index < -0.39 is 0 Å². The zero-order chi connectivity index (χ0) is 16.9. The van der Waals surface area contributed by atoms with Crippen LogP contribution in [0.1, 0.15) is 24.1 Å². The molecule has 0 saturated heterocycles. The molecule has 0 aliphatic carbocycles. The van der Waals surface area contributed by atoms with Crippen molar-refractivity contribution < 1.29 is 18.7 Å². The van der Waals surface area contributed by atoms with Gasteiger partial charge in [0.15, 0.2) is 11.5 Å². The predicted molar refractivity (Wildman–Crippen MR) is 87.6 cm³/mol. The van der Waals surface area contributed by atoms with E-state index in [1.165, 1.54) is 6.07 Å². The first-order chi connectivity index (χ1) is 11.6. The maximum atomic E-state index is 13.5. The fourth-order valence-electron chi connectivity index (χ4n) is 2.48. The van der Waals surface area contributed by atoms with Gasteiger partial charge >= 0.3 is 6.03 Å². The third-order valence-corrected chi connectivity index (χ3v) is 3.81. The summed E-state index contributed by atoms with van der Waals surface area (Å²) in [6.07, 6.45) is 0. The van der Waals surface area contributed by atoms with Crippen LogP contribution in [0.5, 0.6) is 11.5 Å².